The molecule has 2 rings (SSSR count). The highest BCUT2D eigenvalue weighted by Gasteiger charge is 2.12. The van der Waals surface area contributed by atoms with Crippen LogP contribution in [-0.4, -0.2) is 16.8 Å². The van der Waals surface area contributed by atoms with Crippen molar-refractivity contribution in [3.05, 3.63) is 60.2 Å². The summed E-state index contributed by atoms with van der Waals surface area (Å²) in [7, 11) is 0. The Morgan fingerprint density at radius 3 is 2.25 bits per heavy atom. The van der Waals surface area contributed by atoms with Crippen molar-refractivity contribution in [3.8, 4) is 11.1 Å². The van der Waals surface area contributed by atoms with Gasteiger partial charge in [-0.15, -0.1) is 0 Å². The van der Waals surface area contributed by atoms with E-state index in [4.69, 9.17) is 5.11 Å². The quantitative estimate of drug-likeness (QED) is 0.748. The Morgan fingerprint density at radius 1 is 0.800 bits per heavy atom. The van der Waals surface area contributed by atoms with E-state index in [1.165, 1.54) is 0 Å². The van der Waals surface area contributed by atoms with Crippen LogP contribution in [0.15, 0.2) is 54.6 Å². The first-order chi connectivity index (χ1) is 9.83. The van der Waals surface area contributed by atoms with Crippen LogP contribution in [0.3, 0.4) is 0 Å². The first-order valence-electron chi connectivity index (χ1n) is 7.26. The van der Waals surface area contributed by atoms with Crippen molar-refractivity contribution in [2.75, 3.05) is 6.61 Å². The fraction of sp³-hybridized carbons (Fsp3) is 0.333. The summed E-state index contributed by atoms with van der Waals surface area (Å²) in [5.41, 5.74) is 3.22. The van der Waals surface area contributed by atoms with Gasteiger partial charge < -0.3 is 10.2 Å². The van der Waals surface area contributed by atoms with Crippen LogP contribution in [-0.2, 0) is 0 Å². The molecule has 0 bridgehead atoms. The molecule has 0 saturated carbocycles. The number of aliphatic hydroxyl groups excluding tert-OH is 2. The highest BCUT2D eigenvalue weighted by Crippen LogP contribution is 2.30. The summed E-state index contributed by atoms with van der Waals surface area (Å²) in [5, 5.41) is 19.2. The van der Waals surface area contributed by atoms with Crippen molar-refractivity contribution in [1.29, 1.82) is 0 Å². The summed E-state index contributed by atoms with van der Waals surface area (Å²) in [4.78, 5) is 0. The van der Waals surface area contributed by atoms with Crippen LogP contribution in [0, 0.1) is 0 Å². The van der Waals surface area contributed by atoms with Crippen LogP contribution in [0.1, 0.15) is 37.4 Å². The van der Waals surface area contributed by atoms with E-state index < -0.39 is 6.10 Å². The fourth-order valence-corrected chi connectivity index (χ4v) is 2.45. The van der Waals surface area contributed by atoms with E-state index in [2.05, 4.69) is 18.2 Å². The standard InChI is InChI=1S/C18H22O2/c19-14-8-2-5-13-18(20)17-12-7-6-11-16(17)15-9-3-1-4-10-15/h1,3-4,6-7,9-12,18-20H,2,5,8,13-14H2. The Hall–Kier alpha value is -1.64. The van der Waals surface area contributed by atoms with Crippen LogP contribution in [0.2, 0.25) is 0 Å². The first kappa shape index (κ1) is 14.8. The summed E-state index contributed by atoms with van der Waals surface area (Å²) >= 11 is 0. The molecular formula is C18H22O2. The average molecular weight is 270 g/mol. The van der Waals surface area contributed by atoms with Crippen molar-refractivity contribution in [2.24, 2.45) is 0 Å². The average Bonchev–Trinajstić information content (AvgIpc) is 2.52. The van der Waals surface area contributed by atoms with Gasteiger partial charge in [-0.3, -0.25) is 0 Å². The molecule has 2 N–H and O–H groups in total. The molecule has 2 aromatic carbocycles. The Labute approximate surface area is 120 Å². The normalized spacial score (nSPS) is 12.3. The minimum atomic E-state index is -0.440. The van der Waals surface area contributed by atoms with Gasteiger partial charge in [-0.1, -0.05) is 67.4 Å². The second kappa shape index (κ2) is 7.83. The second-order valence-electron chi connectivity index (χ2n) is 5.04. The van der Waals surface area contributed by atoms with Crippen molar-refractivity contribution >= 4 is 0 Å². The third kappa shape index (κ3) is 3.92. The topological polar surface area (TPSA) is 40.5 Å². The van der Waals surface area contributed by atoms with Gasteiger partial charge in [0.2, 0.25) is 0 Å². The van der Waals surface area contributed by atoms with Crippen molar-refractivity contribution in [1.82, 2.24) is 0 Å². The molecular weight excluding hydrogens is 248 g/mol. The molecule has 0 radical (unpaired) electrons. The monoisotopic (exact) mass is 270 g/mol. The van der Waals surface area contributed by atoms with Gasteiger partial charge >= 0.3 is 0 Å². The molecule has 0 aliphatic heterocycles. The van der Waals surface area contributed by atoms with Crippen molar-refractivity contribution in [3.63, 3.8) is 0 Å². The van der Waals surface area contributed by atoms with E-state index in [-0.39, 0.29) is 6.61 Å². The Balaban J connectivity index is 2.11. The van der Waals surface area contributed by atoms with Gasteiger partial charge in [-0.05, 0) is 29.5 Å². The predicted molar refractivity (Wildman–Crippen MR) is 82.4 cm³/mol. The lowest BCUT2D eigenvalue weighted by atomic mass is 9.94. The zero-order valence-electron chi connectivity index (χ0n) is 11.7. The molecule has 1 atom stereocenters. The number of aliphatic hydroxyl groups is 2. The molecule has 0 aliphatic carbocycles. The molecule has 2 nitrogen and oxygen atoms in total. The molecule has 2 heteroatoms. The number of rotatable bonds is 7. The highest BCUT2D eigenvalue weighted by molar-refractivity contribution is 5.67. The van der Waals surface area contributed by atoms with Crippen molar-refractivity contribution in [2.45, 2.75) is 31.8 Å². The Morgan fingerprint density at radius 2 is 1.50 bits per heavy atom. The zero-order chi connectivity index (χ0) is 14.2. The number of unbranched alkanes of at least 4 members (excludes halogenated alkanes) is 2. The maximum Gasteiger partial charge on any atom is 0.0796 e. The van der Waals surface area contributed by atoms with Crippen LogP contribution in [0.25, 0.3) is 11.1 Å². The van der Waals surface area contributed by atoms with E-state index >= 15 is 0 Å². The summed E-state index contributed by atoms with van der Waals surface area (Å²) < 4.78 is 0. The van der Waals surface area contributed by atoms with Gasteiger partial charge in [0.05, 0.1) is 6.10 Å². The lowest BCUT2D eigenvalue weighted by molar-refractivity contribution is 0.162. The minimum absolute atomic E-state index is 0.233. The molecule has 2 aromatic rings. The van der Waals surface area contributed by atoms with E-state index in [1.807, 2.05) is 36.4 Å². The molecule has 106 valence electrons. The van der Waals surface area contributed by atoms with E-state index in [0.29, 0.717) is 0 Å². The summed E-state index contributed by atoms with van der Waals surface area (Å²) in [6.07, 6.45) is 3.01. The molecule has 1 unspecified atom stereocenters. The first-order valence-corrected chi connectivity index (χ1v) is 7.26. The predicted octanol–water partition coefficient (Wildman–Crippen LogP) is 3.94. The van der Waals surface area contributed by atoms with Gasteiger partial charge in [0.25, 0.3) is 0 Å². The molecule has 0 spiro atoms. The fourth-order valence-electron chi connectivity index (χ4n) is 2.45. The number of hydrogen-bond donors (Lipinski definition) is 2. The van der Waals surface area contributed by atoms with Gasteiger partial charge in [-0.25, -0.2) is 0 Å². The molecule has 0 fully saturated rings. The molecule has 0 amide bonds. The lowest BCUT2D eigenvalue weighted by Crippen LogP contribution is -2.00. The zero-order valence-corrected chi connectivity index (χ0v) is 11.7. The maximum absolute atomic E-state index is 10.4. The van der Waals surface area contributed by atoms with Crippen LogP contribution in [0.5, 0.6) is 0 Å². The third-order valence-corrected chi connectivity index (χ3v) is 3.54. The van der Waals surface area contributed by atoms with E-state index in [9.17, 15) is 5.11 Å². The molecule has 20 heavy (non-hydrogen) atoms. The van der Waals surface area contributed by atoms with Crippen LogP contribution in [0.4, 0.5) is 0 Å². The Bertz CT molecular complexity index is 508. The molecule has 0 aliphatic rings. The highest BCUT2D eigenvalue weighted by atomic mass is 16.3. The molecule has 0 heterocycles. The molecule has 0 saturated heterocycles. The number of hydrogen-bond acceptors (Lipinski definition) is 2. The summed E-state index contributed by atoms with van der Waals surface area (Å²) in [6, 6.07) is 18.2. The summed E-state index contributed by atoms with van der Waals surface area (Å²) in [5.74, 6) is 0. The number of benzene rings is 2. The van der Waals surface area contributed by atoms with Crippen molar-refractivity contribution < 1.29 is 10.2 Å². The van der Waals surface area contributed by atoms with Gasteiger partial charge in [0.15, 0.2) is 0 Å². The lowest BCUT2D eigenvalue weighted by Gasteiger charge is -2.15. The van der Waals surface area contributed by atoms with E-state index in [1.54, 1.807) is 0 Å². The molecule has 0 aromatic heterocycles. The second-order valence-corrected chi connectivity index (χ2v) is 5.04. The third-order valence-electron chi connectivity index (χ3n) is 3.54. The van der Waals surface area contributed by atoms with Gasteiger partial charge in [-0.2, -0.15) is 0 Å². The maximum atomic E-state index is 10.4. The smallest absolute Gasteiger partial charge is 0.0796 e. The van der Waals surface area contributed by atoms with E-state index in [0.717, 1.165) is 42.4 Å². The SMILES string of the molecule is OCCCCCC(O)c1ccccc1-c1ccccc1. The van der Waals surface area contributed by atoms with Gasteiger partial charge in [0, 0.05) is 6.61 Å². The minimum Gasteiger partial charge on any atom is -0.396 e. The summed E-state index contributed by atoms with van der Waals surface area (Å²) in [6.45, 7) is 0.233. The van der Waals surface area contributed by atoms with Crippen LogP contribution < -0.4 is 0 Å². The largest absolute Gasteiger partial charge is 0.396 e. The van der Waals surface area contributed by atoms with Gasteiger partial charge in [0.1, 0.15) is 0 Å². The van der Waals surface area contributed by atoms with Crippen LogP contribution >= 0.6 is 0 Å². The Kier molecular flexibility index (Phi) is 5.78.